The molecule has 0 aliphatic heterocycles. The van der Waals surface area contributed by atoms with Gasteiger partial charge in [0.2, 0.25) is 0 Å². The molecule has 8 heteroatoms. The molecule has 0 bridgehead atoms. The summed E-state index contributed by atoms with van der Waals surface area (Å²) in [5, 5.41) is 20.4. The lowest BCUT2D eigenvalue weighted by atomic mass is 9.97. The highest BCUT2D eigenvalue weighted by atomic mass is 32.2. The molecule has 128 valence electrons. The van der Waals surface area contributed by atoms with Crippen LogP contribution in [0.25, 0.3) is 0 Å². The topological polar surface area (TPSA) is 113 Å². The van der Waals surface area contributed by atoms with E-state index in [4.69, 9.17) is 14.9 Å². The van der Waals surface area contributed by atoms with Crippen molar-refractivity contribution in [1.29, 1.82) is 0 Å². The van der Waals surface area contributed by atoms with Crippen molar-refractivity contribution in [2.24, 2.45) is 5.41 Å². The molecule has 0 spiro atoms. The number of alkyl carbamates (subject to hydrolysis) is 1. The summed E-state index contributed by atoms with van der Waals surface area (Å²) in [6.45, 7) is 8.27. The highest BCUT2D eigenvalue weighted by molar-refractivity contribution is 7.99. The van der Waals surface area contributed by atoms with Gasteiger partial charge in [0.25, 0.3) is 0 Å². The first-order chi connectivity index (χ1) is 9.85. The summed E-state index contributed by atoms with van der Waals surface area (Å²) in [5.74, 6) is -1.27. The van der Waals surface area contributed by atoms with Crippen LogP contribution < -0.4 is 5.32 Å². The minimum atomic E-state index is -1.15. The van der Waals surface area contributed by atoms with E-state index < -0.39 is 35.1 Å². The van der Waals surface area contributed by atoms with Crippen LogP contribution in [-0.4, -0.2) is 51.4 Å². The van der Waals surface area contributed by atoms with E-state index in [-0.39, 0.29) is 6.42 Å². The molecule has 0 aliphatic rings. The van der Waals surface area contributed by atoms with Crippen LogP contribution in [0.15, 0.2) is 0 Å². The fourth-order valence-corrected chi connectivity index (χ4v) is 2.48. The van der Waals surface area contributed by atoms with Crippen LogP contribution in [0.5, 0.6) is 0 Å². The molecule has 0 saturated carbocycles. The molecular formula is C14H25NO6S. The molecule has 0 heterocycles. The van der Waals surface area contributed by atoms with Gasteiger partial charge in [-0.3, -0.25) is 4.79 Å². The number of hydrogen-bond donors (Lipinski definition) is 3. The summed E-state index contributed by atoms with van der Waals surface area (Å²) < 4.78 is 5.01. The zero-order chi connectivity index (χ0) is 17.6. The van der Waals surface area contributed by atoms with Gasteiger partial charge in [-0.2, -0.15) is 11.8 Å². The van der Waals surface area contributed by atoms with Gasteiger partial charge in [0.15, 0.2) is 0 Å². The minimum absolute atomic E-state index is 0.189. The average molecular weight is 335 g/mol. The Morgan fingerprint density at radius 2 is 1.68 bits per heavy atom. The number of thioether (sulfide) groups is 1. The van der Waals surface area contributed by atoms with Crippen molar-refractivity contribution >= 4 is 29.8 Å². The third-order valence-electron chi connectivity index (χ3n) is 2.58. The van der Waals surface area contributed by atoms with Gasteiger partial charge in [0, 0.05) is 5.75 Å². The fourth-order valence-electron chi connectivity index (χ4n) is 1.30. The number of carbonyl (C=O) groups excluding carboxylic acids is 1. The maximum absolute atomic E-state index is 11.6. The molecule has 0 rings (SSSR count). The molecule has 1 amide bonds. The Bertz CT molecular complexity index is 416. The Morgan fingerprint density at radius 3 is 2.09 bits per heavy atom. The zero-order valence-electron chi connectivity index (χ0n) is 13.6. The molecule has 0 saturated heterocycles. The van der Waals surface area contributed by atoms with Crippen molar-refractivity contribution in [3.63, 3.8) is 0 Å². The predicted molar refractivity (Wildman–Crippen MR) is 84.2 cm³/mol. The van der Waals surface area contributed by atoms with E-state index >= 15 is 0 Å². The number of rotatable bonds is 8. The van der Waals surface area contributed by atoms with Gasteiger partial charge in [0.05, 0.1) is 5.41 Å². The third kappa shape index (κ3) is 8.76. The van der Waals surface area contributed by atoms with E-state index in [0.29, 0.717) is 11.5 Å². The van der Waals surface area contributed by atoms with E-state index in [1.54, 1.807) is 34.6 Å². The minimum Gasteiger partial charge on any atom is -0.481 e. The van der Waals surface area contributed by atoms with E-state index in [2.05, 4.69) is 5.32 Å². The number of hydrogen-bond acceptors (Lipinski definition) is 5. The molecule has 0 aromatic carbocycles. The van der Waals surface area contributed by atoms with Gasteiger partial charge in [-0.05, 0) is 46.8 Å². The monoisotopic (exact) mass is 335 g/mol. The lowest BCUT2D eigenvalue weighted by molar-refractivity contribution is -0.145. The maximum Gasteiger partial charge on any atom is 0.408 e. The quantitative estimate of drug-likeness (QED) is 0.583. The van der Waals surface area contributed by atoms with Crippen LogP contribution in [-0.2, 0) is 14.3 Å². The second-order valence-electron chi connectivity index (χ2n) is 6.57. The van der Waals surface area contributed by atoms with Crippen molar-refractivity contribution in [1.82, 2.24) is 5.32 Å². The number of aliphatic carboxylic acids is 2. The second-order valence-corrected chi connectivity index (χ2v) is 7.67. The van der Waals surface area contributed by atoms with Crippen molar-refractivity contribution in [2.75, 3.05) is 11.5 Å². The summed E-state index contributed by atoms with van der Waals surface area (Å²) in [6.07, 6.45) is -0.592. The van der Waals surface area contributed by atoms with E-state index in [9.17, 15) is 14.4 Å². The predicted octanol–water partition coefficient (Wildman–Crippen LogP) is 2.20. The molecule has 1 atom stereocenters. The van der Waals surface area contributed by atoms with Gasteiger partial charge >= 0.3 is 18.0 Å². The van der Waals surface area contributed by atoms with Crippen LogP contribution in [0.4, 0.5) is 4.79 Å². The average Bonchev–Trinajstić information content (AvgIpc) is 2.30. The molecule has 22 heavy (non-hydrogen) atoms. The molecule has 0 fully saturated rings. The smallest absolute Gasteiger partial charge is 0.408 e. The highest BCUT2D eigenvalue weighted by Crippen LogP contribution is 2.22. The maximum atomic E-state index is 11.6. The first-order valence-corrected chi connectivity index (χ1v) is 8.04. The fraction of sp³-hybridized carbons (Fsp3) is 0.786. The zero-order valence-corrected chi connectivity index (χ0v) is 14.5. The Labute approximate surface area is 134 Å². The normalized spacial score (nSPS) is 13.3. The molecular weight excluding hydrogens is 310 g/mol. The van der Waals surface area contributed by atoms with Crippen LogP contribution in [0.2, 0.25) is 0 Å². The van der Waals surface area contributed by atoms with Gasteiger partial charge in [0.1, 0.15) is 11.6 Å². The molecule has 0 aliphatic carbocycles. The van der Waals surface area contributed by atoms with E-state index in [1.807, 2.05) is 0 Å². The summed E-state index contributed by atoms with van der Waals surface area (Å²) in [6, 6.07) is -1.06. The molecule has 1 unspecified atom stereocenters. The van der Waals surface area contributed by atoms with Crippen LogP contribution >= 0.6 is 11.8 Å². The first-order valence-electron chi connectivity index (χ1n) is 6.88. The molecule has 0 aromatic rings. The summed E-state index contributed by atoms with van der Waals surface area (Å²) in [7, 11) is 0. The van der Waals surface area contributed by atoms with Crippen molar-refractivity contribution in [3.05, 3.63) is 0 Å². The molecule has 7 nitrogen and oxygen atoms in total. The standard InChI is InChI=1S/C14H25NO6S/c1-13(2,3)21-12(20)15-9(10(16)17)6-7-22-8-14(4,5)11(18)19/h9H,6-8H2,1-5H3,(H,15,20)(H,16,17)(H,18,19). The van der Waals surface area contributed by atoms with Crippen molar-refractivity contribution in [2.45, 2.75) is 52.7 Å². The number of carboxylic acid groups (broad SMARTS) is 2. The number of carboxylic acids is 2. The number of ether oxygens (including phenoxy) is 1. The highest BCUT2D eigenvalue weighted by Gasteiger charge is 2.28. The lowest BCUT2D eigenvalue weighted by Crippen LogP contribution is -2.43. The second kappa shape index (κ2) is 8.26. The summed E-state index contributed by atoms with van der Waals surface area (Å²) in [4.78, 5) is 33.7. The summed E-state index contributed by atoms with van der Waals surface area (Å²) >= 11 is 1.34. The Hall–Kier alpha value is -1.44. The number of amides is 1. The Morgan fingerprint density at radius 1 is 1.14 bits per heavy atom. The van der Waals surface area contributed by atoms with Gasteiger partial charge in [-0.1, -0.05) is 0 Å². The van der Waals surface area contributed by atoms with Crippen molar-refractivity contribution < 1.29 is 29.3 Å². The Kier molecular flexibility index (Phi) is 7.72. The molecule has 3 N–H and O–H groups in total. The SMILES string of the molecule is CC(C)(C)OC(=O)NC(CCSCC(C)(C)C(=O)O)C(=O)O. The number of nitrogens with one attached hydrogen (secondary N) is 1. The van der Waals surface area contributed by atoms with E-state index in [0.717, 1.165) is 0 Å². The molecule has 0 radical (unpaired) electrons. The first kappa shape index (κ1) is 20.6. The van der Waals surface area contributed by atoms with Gasteiger partial charge < -0.3 is 20.3 Å². The van der Waals surface area contributed by atoms with Crippen LogP contribution in [0.3, 0.4) is 0 Å². The lowest BCUT2D eigenvalue weighted by Gasteiger charge is -2.22. The third-order valence-corrected chi connectivity index (χ3v) is 4.03. The summed E-state index contributed by atoms with van der Waals surface area (Å²) in [5.41, 5.74) is -1.57. The van der Waals surface area contributed by atoms with E-state index in [1.165, 1.54) is 11.8 Å². The molecule has 0 aromatic heterocycles. The Balaban J connectivity index is 4.30. The largest absolute Gasteiger partial charge is 0.481 e. The van der Waals surface area contributed by atoms with Gasteiger partial charge in [-0.15, -0.1) is 0 Å². The van der Waals surface area contributed by atoms with Crippen LogP contribution in [0, 0.1) is 5.41 Å². The number of carbonyl (C=O) groups is 3. The van der Waals surface area contributed by atoms with Crippen LogP contribution in [0.1, 0.15) is 41.0 Å². The van der Waals surface area contributed by atoms with Gasteiger partial charge in [-0.25, -0.2) is 9.59 Å². The van der Waals surface area contributed by atoms with Crippen molar-refractivity contribution in [3.8, 4) is 0 Å².